The van der Waals surface area contributed by atoms with E-state index in [1.165, 1.54) is 83.8 Å². The monoisotopic (exact) mass is 714 g/mol. The number of benzene rings is 4. The number of fused-ring (bicyclic) bond motifs is 2. The van der Waals surface area contributed by atoms with Crippen molar-refractivity contribution < 1.29 is 23.3 Å². The first-order chi connectivity index (χ1) is 19.4. The van der Waals surface area contributed by atoms with Crippen LogP contribution in [0.4, 0.5) is 0 Å². The van der Waals surface area contributed by atoms with Crippen molar-refractivity contribution in [1.82, 2.24) is 0 Å². The van der Waals surface area contributed by atoms with Gasteiger partial charge < -0.3 is 14.9 Å². The van der Waals surface area contributed by atoms with Crippen molar-refractivity contribution in [3.8, 4) is 22.3 Å². The van der Waals surface area contributed by atoms with Crippen LogP contribution in [-0.2, 0) is 29.8 Å². The molecule has 6 aromatic rings. The minimum atomic E-state index is 0. The number of hydrogen-bond acceptors (Lipinski definition) is 0. The molecular weight excluding hydrogens is 671 g/mol. The second-order valence-corrected chi connectivity index (χ2v) is 11.2. The molecule has 0 heterocycles. The van der Waals surface area contributed by atoms with Gasteiger partial charge in [-0.2, -0.15) is 12.1 Å². The average Bonchev–Trinajstić information content (AvgIpc) is 3.61. The SMILES string of the molecule is CC(C)c1cc2c(-c3ccccc3)cccc2[cH-]1.Cc1ccc(-c2ccccc2)c2cc(CC(C)C)[cH-]c12.Cl.Cl.[CH3-].[CH3-].[Si]=[Zr]. The molecule has 6 rings (SSSR count). The van der Waals surface area contributed by atoms with Gasteiger partial charge in [-0.25, -0.2) is 0 Å². The number of hydrogen-bond donors (Lipinski definition) is 0. The number of aryl methyl sites for hydroxylation is 1. The van der Waals surface area contributed by atoms with Gasteiger partial charge in [0, 0.05) is 0 Å². The summed E-state index contributed by atoms with van der Waals surface area (Å²) in [7, 11) is 0. The standard InChI is InChI=1S/C20H21.C18H17.2CH3.2ClH.Si.Zr/c1-14(2)11-16-12-19-15(3)9-10-18(20(19)13-16)17-7-5-4-6-8-17;1-13(2)16-11-15-9-6-10-17(18(15)12-16)14-7-4-3-5-8-14;;;;;;/h4-10,12-14H,11H2,1-3H3;3-13H,1-2H3;2*1H3;2*1H;;/q4*-1;;;;. The van der Waals surface area contributed by atoms with Crippen LogP contribution in [0.5, 0.6) is 0 Å². The summed E-state index contributed by atoms with van der Waals surface area (Å²) in [6, 6.07) is 41.7. The van der Waals surface area contributed by atoms with E-state index in [1.807, 2.05) is 0 Å². The van der Waals surface area contributed by atoms with Crippen molar-refractivity contribution >= 4 is 53.2 Å². The maximum absolute atomic E-state index is 3.06. The maximum atomic E-state index is 3.06. The molecule has 0 aliphatic heterocycles. The minimum absolute atomic E-state index is 0. The summed E-state index contributed by atoms with van der Waals surface area (Å²) in [4.78, 5) is 0. The van der Waals surface area contributed by atoms with Crippen molar-refractivity contribution in [3.05, 3.63) is 147 Å². The summed E-state index contributed by atoms with van der Waals surface area (Å²) in [5.74, 6) is 1.29. The molecule has 0 fully saturated rings. The van der Waals surface area contributed by atoms with Gasteiger partial charge in [0.2, 0.25) is 0 Å². The zero-order chi connectivity index (χ0) is 28.6. The molecule has 0 amide bonds. The Morgan fingerprint density at radius 2 is 1.18 bits per heavy atom. The van der Waals surface area contributed by atoms with Crippen molar-refractivity contribution in [2.24, 2.45) is 5.92 Å². The van der Waals surface area contributed by atoms with Crippen LogP contribution in [0.3, 0.4) is 0 Å². The molecule has 0 aliphatic carbocycles. The van der Waals surface area contributed by atoms with E-state index in [1.54, 1.807) is 0 Å². The van der Waals surface area contributed by atoms with Gasteiger partial charge in [0.1, 0.15) is 0 Å². The molecule has 6 aromatic carbocycles. The third-order valence-corrected chi connectivity index (χ3v) is 7.42. The van der Waals surface area contributed by atoms with Crippen LogP contribution >= 0.6 is 24.8 Å². The average molecular weight is 717 g/mol. The van der Waals surface area contributed by atoms with E-state index in [9.17, 15) is 0 Å². The van der Waals surface area contributed by atoms with Crippen molar-refractivity contribution in [2.45, 2.75) is 47.0 Å². The quantitative estimate of drug-likeness (QED) is 0.123. The molecule has 2 radical (unpaired) electrons. The molecule has 0 aromatic heterocycles. The molecule has 4 heteroatoms. The summed E-state index contributed by atoms with van der Waals surface area (Å²) < 4.78 is 0. The van der Waals surface area contributed by atoms with Gasteiger partial charge in [0.15, 0.2) is 0 Å². The Labute approximate surface area is 296 Å². The molecule has 0 unspecified atom stereocenters. The van der Waals surface area contributed by atoms with Crippen molar-refractivity contribution in [2.75, 3.05) is 0 Å². The molecule has 0 saturated heterocycles. The van der Waals surface area contributed by atoms with Crippen molar-refractivity contribution in [1.29, 1.82) is 0 Å². The zero-order valence-corrected chi connectivity index (χ0v) is 32.2. The van der Waals surface area contributed by atoms with Crippen LogP contribution in [0.2, 0.25) is 0 Å². The van der Waals surface area contributed by atoms with Gasteiger partial charge in [-0.1, -0.05) is 119 Å². The van der Waals surface area contributed by atoms with E-state index < -0.39 is 0 Å². The Morgan fingerprint density at radius 1 is 0.636 bits per heavy atom. The Bertz CT molecular complexity index is 1660. The van der Waals surface area contributed by atoms with Crippen LogP contribution in [0.25, 0.3) is 43.8 Å². The van der Waals surface area contributed by atoms with E-state index in [2.05, 4.69) is 157 Å². The van der Waals surface area contributed by atoms with Crippen LogP contribution in [0, 0.1) is 27.7 Å². The summed E-state index contributed by atoms with van der Waals surface area (Å²) in [6.07, 6.45) is 1.16. The molecule has 0 atom stereocenters. The third kappa shape index (κ3) is 10.1. The second kappa shape index (κ2) is 20.0. The van der Waals surface area contributed by atoms with Gasteiger partial charge >= 0.3 is 30.2 Å². The van der Waals surface area contributed by atoms with Gasteiger partial charge in [-0.15, -0.1) is 93.4 Å². The van der Waals surface area contributed by atoms with Gasteiger partial charge in [0.25, 0.3) is 0 Å². The number of halogens is 2. The first-order valence-corrected chi connectivity index (χ1v) is 18.3. The fourth-order valence-corrected chi connectivity index (χ4v) is 5.42. The molecule has 0 spiro atoms. The third-order valence-electron chi connectivity index (χ3n) is 7.42. The number of rotatable bonds is 5. The van der Waals surface area contributed by atoms with E-state index >= 15 is 0 Å². The van der Waals surface area contributed by atoms with Gasteiger partial charge in [-0.3, -0.25) is 0 Å². The molecule has 0 N–H and O–H groups in total. The summed E-state index contributed by atoms with van der Waals surface area (Å²) >= 11 is 1.36. The fraction of sp³-hybridized carbons (Fsp3) is 0.200. The molecular formula is C40H46Cl2SiZr-4. The van der Waals surface area contributed by atoms with E-state index in [4.69, 9.17) is 0 Å². The van der Waals surface area contributed by atoms with Crippen LogP contribution < -0.4 is 0 Å². The van der Waals surface area contributed by atoms with Crippen LogP contribution in [-0.4, -0.2) is 6.88 Å². The Morgan fingerprint density at radius 3 is 1.70 bits per heavy atom. The first-order valence-electron chi connectivity index (χ1n) is 14.1. The molecule has 0 nitrogen and oxygen atoms in total. The fourth-order valence-electron chi connectivity index (χ4n) is 5.42. The molecule has 232 valence electrons. The molecule has 0 bridgehead atoms. The van der Waals surface area contributed by atoms with E-state index in [0.717, 1.165) is 6.42 Å². The van der Waals surface area contributed by atoms with E-state index in [-0.39, 0.29) is 39.7 Å². The Balaban J connectivity index is 0.000000735. The predicted molar refractivity (Wildman–Crippen MR) is 200 cm³/mol. The van der Waals surface area contributed by atoms with Gasteiger partial charge in [0.05, 0.1) is 0 Å². The van der Waals surface area contributed by atoms with Gasteiger partial charge in [-0.05, 0) is 29.4 Å². The summed E-state index contributed by atoms with van der Waals surface area (Å²) in [5, 5.41) is 5.52. The van der Waals surface area contributed by atoms with Crippen LogP contribution in [0.1, 0.15) is 50.3 Å². The van der Waals surface area contributed by atoms with Crippen molar-refractivity contribution in [3.63, 3.8) is 0 Å². The zero-order valence-electron chi connectivity index (χ0n) is 27.1. The molecule has 44 heavy (non-hydrogen) atoms. The first kappa shape index (κ1) is 41.8. The Kier molecular flexibility index (Phi) is 19.0. The topological polar surface area (TPSA) is 0 Å². The van der Waals surface area contributed by atoms with Crippen LogP contribution in [0.15, 0.2) is 115 Å². The predicted octanol–water partition coefficient (Wildman–Crippen LogP) is 12.4. The second-order valence-electron chi connectivity index (χ2n) is 11.2. The summed E-state index contributed by atoms with van der Waals surface area (Å²) in [5.41, 5.74) is 9.54. The normalized spacial score (nSPS) is 9.86. The molecule has 0 aliphatic rings. The summed E-state index contributed by atoms with van der Waals surface area (Å²) in [6.45, 7) is 14.3. The molecule has 0 saturated carbocycles. The Hall–Kier alpha value is -2.22. The van der Waals surface area contributed by atoms with E-state index in [0.29, 0.717) is 11.8 Å².